The Hall–Kier alpha value is -2.12. The van der Waals surface area contributed by atoms with Crippen molar-refractivity contribution < 1.29 is 8.42 Å². The highest BCUT2D eigenvalue weighted by atomic mass is 35.5. The highest BCUT2D eigenvalue weighted by molar-refractivity contribution is 7.90. The molecule has 0 saturated carbocycles. The van der Waals surface area contributed by atoms with Crippen LogP contribution in [-0.2, 0) is 10.0 Å². The van der Waals surface area contributed by atoms with Gasteiger partial charge >= 0.3 is 0 Å². The van der Waals surface area contributed by atoms with Crippen molar-refractivity contribution in [2.75, 3.05) is 17.3 Å². The molecule has 3 rings (SSSR count). The fourth-order valence-corrected chi connectivity index (χ4v) is 3.23. The van der Waals surface area contributed by atoms with Crippen LogP contribution in [-0.4, -0.2) is 26.4 Å². The van der Waals surface area contributed by atoms with Crippen molar-refractivity contribution in [3.05, 3.63) is 47.6 Å². The Labute approximate surface area is 127 Å². The van der Waals surface area contributed by atoms with E-state index in [0.29, 0.717) is 16.5 Å². The number of halogens is 1. The first-order valence-electron chi connectivity index (χ1n) is 6.04. The molecule has 0 saturated heterocycles. The minimum Gasteiger partial charge on any atom is -0.324 e. The van der Waals surface area contributed by atoms with Gasteiger partial charge in [0.2, 0.25) is 5.96 Å². The summed E-state index contributed by atoms with van der Waals surface area (Å²) in [5.74, 6) is 0.743. The molecule has 6 nitrogen and oxygen atoms in total. The van der Waals surface area contributed by atoms with E-state index in [9.17, 15) is 8.42 Å². The standard InChI is InChI=1S/C13H11ClN4O2S/c1-18(12-4-2-3-7-15-12)13-16-10-8-9(14)5-6-11(10)21(19,20)17-13/h2-8H,1H3,(H,16,17). The highest BCUT2D eigenvalue weighted by Crippen LogP contribution is 2.30. The van der Waals surface area contributed by atoms with Gasteiger partial charge in [0.05, 0.1) is 5.69 Å². The molecule has 1 N–H and O–H groups in total. The summed E-state index contributed by atoms with van der Waals surface area (Å²) in [4.78, 5) is 5.82. The number of pyridine rings is 1. The lowest BCUT2D eigenvalue weighted by molar-refractivity contribution is 0.597. The molecule has 21 heavy (non-hydrogen) atoms. The van der Waals surface area contributed by atoms with Crippen molar-refractivity contribution in [1.29, 1.82) is 0 Å². The van der Waals surface area contributed by atoms with Crippen LogP contribution in [0.5, 0.6) is 0 Å². The van der Waals surface area contributed by atoms with Crippen LogP contribution in [0.4, 0.5) is 11.5 Å². The molecular weight excluding hydrogens is 312 g/mol. The number of hydrogen-bond acceptors (Lipinski definition) is 5. The molecule has 0 bridgehead atoms. The predicted molar refractivity (Wildman–Crippen MR) is 82.3 cm³/mol. The van der Waals surface area contributed by atoms with Gasteiger partial charge in [-0.05, 0) is 30.3 Å². The third kappa shape index (κ3) is 2.57. The summed E-state index contributed by atoms with van der Waals surface area (Å²) in [6.45, 7) is 0. The maximum atomic E-state index is 12.2. The summed E-state index contributed by atoms with van der Waals surface area (Å²) >= 11 is 5.91. The minimum atomic E-state index is -3.76. The second-order valence-electron chi connectivity index (χ2n) is 4.40. The number of hydrogen-bond donors (Lipinski definition) is 1. The first-order valence-corrected chi connectivity index (χ1v) is 7.85. The minimum absolute atomic E-state index is 0.102. The number of rotatable bonds is 1. The fourth-order valence-electron chi connectivity index (χ4n) is 1.94. The summed E-state index contributed by atoms with van der Waals surface area (Å²) in [5.41, 5.74) is 0.398. The van der Waals surface area contributed by atoms with Crippen molar-refractivity contribution in [2.45, 2.75) is 4.90 Å². The van der Waals surface area contributed by atoms with E-state index in [1.807, 2.05) is 6.07 Å². The lowest BCUT2D eigenvalue weighted by Crippen LogP contribution is -2.36. The molecule has 1 aromatic heterocycles. The van der Waals surface area contributed by atoms with Gasteiger partial charge in [0, 0.05) is 18.3 Å². The van der Waals surface area contributed by atoms with Gasteiger partial charge < -0.3 is 5.32 Å². The number of fused-ring (bicyclic) bond motifs is 1. The smallest absolute Gasteiger partial charge is 0.287 e. The molecule has 0 amide bonds. The summed E-state index contributed by atoms with van der Waals surface area (Å²) in [6.07, 6.45) is 1.62. The highest BCUT2D eigenvalue weighted by Gasteiger charge is 2.27. The van der Waals surface area contributed by atoms with Gasteiger partial charge in [-0.25, -0.2) is 4.98 Å². The van der Waals surface area contributed by atoms with E-state index in [2.05, 4.69) is 14.7 Å². The number of nitrogens with one attached hydrogen (secondary N) is 1. The van der Waals surface area contributed by atoms with Gasteiger partial charge in [0.15, 0.2) is 0 Å². The predicted octanol–water partition coefficient (Wildman–Crippen LogP) is 2.34. The zero-order valence-corrected chi connectivity index (χ0v) is 12.6. The van der Waals surface area contributed by atoms with E-state index in [-0.39, 0.29) is 10.9 Å². The Bertz CT molecular complexity index is 821. The molecular formula is C13H11ClN4O2S. The number of guanidine groups is 1. The van der Waals surface area contributed by atoms with Crippen molar-refractivity contribution in [1.82, 2.24) is 4.98 Å². The Morgan fingerprint density at radius 1 is 1.24 bits per heavy atom. The molecule has 0 spiro atoms. The number of nitrogens with zero attached hydrogens (tertiary/aromatic N) is 3. The molecule has 2 aromatic rings. The molecule has 8 heteroatoms. The molecule has 0 radical (unpaired) electrons. The topological polar surface area (TPSA) is 74.7 Å². The van der Waals surface area contributed by atoms with E-state index in [1.54, 1.807) is 36.3 Å². The van der Waals surface area contributed by atoms with Gasteiger partial charge in [-0.1, -0.05) is 17.7 Å². The zero-order chi connectivity index (χ0) is 15.0. The van der Waals surface area contributed by atoms with Crippen LogP contribution in [0, 0.1) is 0 Å². The van der Waals surface area contributed by atoms with Crippen molar-refractivity contribution in [2.24, 2.45) is 4.40 Å². The molecule has 108 valence electrons. The SMILES string of the molecule is CN(C1=NS(=O)(=O)c2ccc(Cl)cc2N1)c1ccccn1. The van der Waals surface area contributed by atoms with E-state index in [1.165, 1.54) is 12.1 Å². The average molecular weight is 323 g/mol. The maximum absolute atomic E-state index is 12.2. The Morgan fingerprint density at radius 2 is 2.05 bits per heavy atom. The van der Waals surface area contributed by atoms with Crippen LogP contribution in [0.25, 0.3) is 0 Å². The van der Waals surface area contributed by atoms with Crippen LogP contribution in [0.2, 0.25) is 5.02 Å². The molecule has 1 aliphatic heterocycles. The van der Waals surface area contributed by atoms with Gasteiger partial charge in [-0.3, -0.25) is 4.90 Å². The van der Waals surface area contributed by atoms with Crippen molar-refractivity contribution in [3.8, 4) is 0 Å². The largest absolute Gasteiger partial charge is 0.324 e. The number of benzene rings is 1. The summed E-state index contributed by atoms with van der Waals surface area (Å²) in [7, 11) is -2.08. The van der Waals surface area contributed by atoms with Gasteiger partial charge in [-0.15, -0.1) is 4.40 Å². The number of aromatic nitrogens is 1. The first kappa shape index (κ1) is 13.8. The Morgan fingerprint density at radius 3 is 2.76 bits per heavy atom. The van der Waals surface area contributed by atoms with Crippen LogP contribution in [0.15, 0.2) is 51.9 Å². The second kappa shape index (κ2) is 5.01. The van der Waals surface area contributed by atoms with E-state index < -0.39 is 10.0 Å². The van der Waals surface area contributed by atoms with Gasteiger partial charge in [0.1, 0.15) is 10.7 Å². The van der Waals surface area contributed by atoms with Crippen LogP contribution < -0.4 is 10.2 Å². The summed E-state index contributed by atoms with van der Waals surface area (Å²) < 4.78 is 28.2. The van der Waals surface area contributed by atoms with Crippen molar-refractivity contribution in [3.63, 3.8) is 0 Å². The van der Waals surface area contributed by atoms with Crippen LogP contribution >= 0.6 is 11.6 Å². The molecule has 0 fully saturated rings. The first-order chi connectivity index (χ1) is 9.97. The summed E-state index contributed by atoms with van der Waals surface area (Å²) in [5, 5.41) is 3.41. The lowest BCUT2D eigenvalue weighted by atomic mass is 10.3. The molecule has 0 aliphatic carbocycles. The van der Waals surface area contributed by atoms with Crippen LogP contribution in [0.3, 0.4) is 0 Å². The average Bonchev–Trinajstić information content (AvgIpc) is 2.46. The molecule has 1 aromatic carbocycles. The fraction of sp³-hybridized carbons (Fsp3) is 0.0769. The Kier molecular flexibility index (Phi) is 3.30. The molecule has 2 heterocycles. The van der Waals surface area contributed by atoms with Gasteiger partial charge in [-0.2, -0.15) is 8.42 Å². The monoisotopic (exact) mass is 322 g/mol. The quantitative estimate of drug-likeness (QED) is 0.872. The van der Waals surface area contributed by atoms with Gasteiger partial charge in [0.25, 0.3) is 10.0 Å². The van der Waals surface area contributed by atoms with Crippen molar-refractivity contribution >= 4 is 39.1 Å². The third-order valence-electron chi connectivity index (χ3n) is 2.98. The normalized spacial score (nSPS) is 15.6. The number of sulfonamides is 1. The Balaban J connectivity index is 2.05. The zero-order valence-electron chi connectivity index (χ0n) is 11.0. The molecule has 0 unspecified atom stereocenters. The number of anilines is 2. The lowest BCUT2D eigenvalue weighted by Gasteiger charge is -2.25. The summed E-state index contributed by atoms with van der Waals surface area (Å²) in [6, 6.07) is 9.84. The molecule has 1 aliphatic rings. The van der Waals surface area contributed by atoms with E-state index >= 15 is 0 Å². The van der Waals surface area contributed by atoms with E-state index in [4.69, 9.17) is 11.6 Å². The molecule has 0 atom stereocenters. The van der Waals surface area contributed by atoms with E-state index in [0.717, 1.165) is 0 Å². The third-order valence-corrected chi connectivity index (χ3v) is 4.54. The maximum Gasteiger partial charge on any atom is 0.287 e. The second-order valence-corrected chi connectivity index (χ2v) is 6.41. The van der Waals surface area contributed by atoms with Crippen LogP contribution in [0.1, 0.15) is 0 Å².